The third kappa shape index (κ3) is 3.00. The minimum Gasteiger partial charge on any atom is -0.324 e. The van der Waals surface area contributed by atoms with Crippen LogP contribution in [0, 0.1) is 0 Å². The fourth-order valence-corrected chi connectivity index (χ4v) is 0.869. The maximum absolute atomic E-state index is 9.96. The van der Waals surface area contributed by atoms with Gasteiger partial charge in [-0.25, -0.2) is 0 Å². The number of hydrazine groups is 1. The largest absolute Gasteiger partial charge is 0.324 e. The van der Waals surface area contributed by atoms with Gasteiger partial charge in [0.2, 0.25) is 11.5 Å². The Morgan fingerprint density at radius 2 is 1.92 bits per heavy atom. The number of hydrogen-bond acceptors (Lipinski definition) is 4. The van der Waals surface area contributed by atoms with Gasteiger partial charge in [0, 0.05) is 5.69 Å². The molecule has 0 saturated carbocycles. The number of benzene rings is 1. The molecule has 0 spiro atoms. The summed E-state index contributed by atoms with van der Waals surface area (Å²) >= 11 is 0.192. The molecule has 6 heteroatoms. The van der Waals surface area contributed by atoms with Crippen molar-refractivity contribution < 1.29 is 4.21 Å². The average Bonchev–Trinajstić information content (AvgIpc) is 2.07. The standard InChI is InChI=1S/C6H7N3OS.ClH/c7-8-5-1-3-6(4-2-5)9-11-10;/h1-4,8H,7H2;1H. The Kier molecular flexibility index (Phi) is 5.27. The lowest BCUT2D eigenvalue weighted by Crippen LogP contribution is -2.05. The van der Waals surface area contributed by atoms with Gasteiger partial charge >= 0.3 is 0 Å². The molecule has 66 valence electrons. The van der Waals surface area contributed by atoms with Gasteiger partial charge in [0.15, 0.2) is 0 Å². The zero-order chi connectivity index (χ0) is 8.10. The van der Waals surface area contributed by atoms with Crippen molar-refractivity contribution in [1.82, 2.24) is 0 Å². The molecule has 4 nitrogen and oxygen atoms in total. The van der Waals surface area contributed by atoms with Crippen LogP contribution in [0.25, 0.3) is 0 Å². The predicted molar refractivity (Wildman–Crippen MR) is 51.7 cm³/mol. The molecule has 1 aromatic carbocycles. The second-order valence-electron chi connectivity index (χ2n) is 1.86. The summed E-state index contributed by atoms with van der Waals surface area (Å²) in [6.07, 6.45) is 0. The molecule has 0 aromatic heterocycles. The van der Waals surface area contributed by atoms with E-state index >= 15 is 0 Å². The number of nitrogens with two attached hydrogens (primary N) is 1. The zero-order valence-corrected chi connectivity index (χ0v) is 7.69. The summed E-state index contributed by atoms with van der Waals surface area (Å²) in [6.45, 7) is 0. The lowest BCUT2D eigenvalue weighted by molar-refractivity contribution is 0.698. The van der Waals surface area contributed by atoms with E-state index in [0.717, 1.165) is 5.69 Å². The van der Waals surface area contributed by atoms with Crippen molar-refractivity contribution in [2.45, 2.75) is 0 Å². The van der Waals surface area contributed by atoms with E-state index in [-0.39, 0.29) is 23.9 Å². The third-order valence-corrected chi connectivity index (χ3v) is 1.46. The first-order chi connectivity index (χ1) is 5.36. The maximum Gasteiger partial charge on any atom is 0.205 e. The van der Waals surface area contributed by atoms with Crippen LogP contribution in [0.4, 0.5) is 11.4 Å². The van der Waals surface area contributed by atoms with Crippen LogP contribution < -0.4 is 11.3 Å². The second-order valence-corrected chi connectivity index (χ2v) is 2.19. The minimum absolute atomic E-state index is 0. The quantitative estimate of drug-likeness (QED) is 0.567. The Labute approximate surface area is 79.8 Å². The molecule has 0 saturated heterocycles. The number of rotatable bonds is 2. The van der Waals surface area contributed by atoms with Gasteiger partial charge in [-0.2, -0.15) is 8.57 Å². The number of nitrogen functional groups attached to an aromatic ring is 1. The number of halogens is 1. The summed E-state index contributed by atoms with van der Waals surface area (Å²) in [4.78, 5) is 0. The number of nitrogens with one attached hydrogen (secondary N) is 1. The van der Waals surface area contributed by atoms with Crippen molar-refractivity contribution in [3.8, 4) is 0 Å². The highest BCUT2D eigenvalue weighted by Crippen LogP contribution is 2.14. The lowest BCUT2D eigenvalue weighted by atomic mass is 10.3. The minimum atomic E-state index is 0. The van der Waals surface area contributed by atoms with E-state index < -0.39 is 0 Å². The number of anilines is 1. The molecule has 0 aliphatic heterocycles. The van der Waals surface area contributed by atoms with Gasteiger partial charge in [-0.3, -0.25) is 5.84 Å². The van der Waals surface area contributed by atoms with Crippen molar-refractivity contribution in [1.29, 1.82) is 0 Å². The first-order valence-corrected chi connectivity index (χ1v) is 3.63. The Balaban J connectivity index is 0.00000121. The molecular weight excluding hydrogens is 198 g/mol. The van der Waals surface area contributed by atoms with E-state index in [1.807, 2.05) is 0 Å². The van der Waals surface area contributed by atoms with E-state index in [2.05, 4.69) is 9.79 Å². The van der Waals surface area contributed by atoms with Gasteiger partial charge < -0.3 is 5.43 Å². The molecule has 0 aliphatic carbocycles. The number of hydrogen-bond donors (Lipinski definition) is 2. The van der Waals surface area contributed by atoms with E-state index in [0.29, 0.717) is 5.69 Å². The summed E-state index contributed by atoms with van der Waals surface area (Å²) in [7, 11) is 0. The zero-order valence-electron chi connectivity index (χ0n) is 6.06. The molecule has 0 atom stereocenters. The van der Waals surface area contributed by atoms with Crippen LogP contribution in [-0.4, -0.2) is 4.21 Å². The van der Waals surface area contributed by atoms with E-state index in [1.165, 1.54) is 0 Å². The van der Waals surface area contributed by atoms with Crippen LogP contribution in [0.15, 0.2) is 28.6 Å². The van der Waals surface area contributed by atoms with Crippen LogP contribution in [-0.2, 0) is 11.5 Å². The fraction of sp³-hybridized carbons (Fsp3) is 0. The molecule has 0 heterocycles. The van der Waals surface area contributed by atoms with Crippen molar-refractivity contribution in [3.05, 3.63) is 24.3 Å². The van der Waals surface area contributed by atoms with Crippen LogP contribution in [0.2, 0.25) is 0 Å². The Morgan fingerprint density at radius 1 is 1.33 bits per heavy atom. The number of nitrogens with zero attached hydrogens (tertiary/aromatic N) is 1. The van der Waals surface area contributed by atoms with Gasteiger partial charge in [0.1, 0.15) is 0 Å². The molecule has 1 rings (SSSR count). The summed E-state index contributed by atoms with van der Waals surface area (Å²) in [5, 5.41) is 0. The van der Waals surface area contributed by atoms with E-state index in [4.69, 9.17) is 5.84 Å². The third-order valence-electron chi connectivity index (χ3n) is 1.18. The summed E-state index contributed by atoms with van der Waals surface area (Å²) in [5.74, 6) is 5.13. The lowest BCUT2D eigenvalue weighted by Gasteiger charge is -1.96. The van der Waals surface area contributed by atoms with E-state index in [9.17, 15) is 4.21 Å². The summed E-state index contributed by atoms with van der Waals surface area (Å²) in [6, 6.07) is 6.91. The molecule has 0 bridgehead atoms. The summed E-state index contributed by atoms with van der Waals surface area (Å²) < 4.78 is 13.5. The van der Waals surface area contributed by atoms with E-state index in [1.54, 1.807) is 24.3 Å². The van der Waals surface area contributed by atoms with Gasteiger partial charge in [0.05, 0.1) is 5.69 Å². The highest BCUT2D eigenvalue weighted by Gasteiger charge is 1.88. The highest BCUT2D eigenvalue weighted by molar-refractivity contribution is 7.54. The van der Waals surface area contributed by atoms with Gasteiger partial charge in [-0.05, 0) is 24.3 Å². The molecule has 1 aromatic rings. The Morgan fingerprint density at radius 3 is 2.33 bits per heavy atom. The van der Waals surface area contributed by atoms with Crippen LogP contribution in [0.1, 0.15) is 0 Å². The van der Waals surface area contributed by atoms with Crippen molar-refractivity contribution in [2.75, 3.05) is 5.43 Å². The SMILES string of the molecule is Cl.NNc1ccc(N=S=O)cc1. The van der Waals surface area contributed by atoms with Gasteiger partial charge in [-0.15, -0.1) is 12.4 Å². The normalized spacial score (nSPS) is 8.08. The van der Waals surface area contributed by atoms with Crippen LogP contribution >= 0.6 is 12.4 Å². The van der Waals surface area contributed by atoms with Crippen LogP contribution in [0.5, 0.6) is 0 Å². The molecule has 0 aliphatic rings. The topological polar surface area (TPSA) is 67.5 Å². The first kappa shape index (κ1) is 11.1. The first-order valence-electron chi connectivity index (χ1n) is 2.93. The molecule has 3 N–H and O–H groups in total. The molecule has 12 heavy (non-hydrogen) atoms. The fourth-order valence-electron chi connectivity index (χ4n) is 0.662. The Hall–Kier alpha value is -0.910. The molecule has 0 radical (unpaired) electrons. The molecule has 0 fully saturated rings. The maximum atomic E-state index is 9.96. The predicted octanol–water partition coefficient (Wildman–Crippen LogP) is 1.42. The molecular formula is C6H8ClN3OS. The second kappa shape index (κ2) is 5.70. The highest BCUT2D eigenvalue weighted by atomic mass is 35.5. The van der Waals surface area contributed by atoms with Gasteiger partial charge in [0.25, 0.3) is 0 Å². The van der Waals surface area contributed by atoms with Crippen molar-refractivity contribution in [3.63, 3.8) is 0 Å². The summed E-state index contributed by atoms with van der Waals surface area (Å²) in [5.41, 5.74) is 3.90. The van der Waals surface area contributed by atoms with Gasteiger partial charge in [-0.1, -0.05) is 0 Å². The van der Waals surface area contributed by atoms with Crippen molar-refractivity contribution in [2.24, 2.45) is 10.2 Å². The molecule has 0 amide bonds. The average molecular weight is 206 g/mol. The van der Waals surface area contributed by atoms with Crippen molar-refractivity contribution >= 4 is 35.2 Å². The van der Waals surface area contributed by atoms with Crippen LogP contribution in [0.3, 0.4) is 0 Å². The molecule has 0 unspecified atom stereocenters. The Bertz CT molecular complexity index is 283. The smallest absolute Gasteiger partial charge is 0.205 e. The monoisotopic (exact) mass is 205 g/mol.